The molecule has 0 aliphatic carbocycles. The lowest BCUT2D eigenvalue weighted by atomic mass is 10.2. The molecule has 0 saturated carbocycles. The summed E-state index contributed by atoms with van der Waals surface area (Å²) in [6, 6.07) is -0.00815. The second-order valence-electron chi connectivity index (χ2n) is 3.49. The van der Waals surface area contributed by atoms with Gasteiger partial charge in [-0.3, -0.25) is 0 Å². The number of nitrogens with one attached hydrogen (secondary N) is 1. The van der Waals surface area contributed by atoms with Gasteiger partial charge in [-0.2, -0.15) is 4.31 Å². The fraction of sp³-hybridized carbons (Fsp3) is 1.00. The third-order valence-electron chi connectivity index (χ3n) is 2.33. The molecule has 1 unspecified atom stereocenters. The summed E-state index contributed by atoms with van der Waals surface area (Å²) in [4.78, 5) is 0. The van der Waals surface area contributed by atoms with Crippen molar-refractivity contribution >= 4 is 10.0 Å². The molecule has 1 heterocycles. The van der Waals surface area contributed by atoms with E-state index in [4.69, 9.17) is 4.74 Å². The van der Waals surface area contributed by atoms with Gasteiger partial charge in [-0.15, -0.1) is 0 Å². The molecule has 0 radical (unpaired) electrons. The molecule has 1 N–H and O–H groups in total. The van der Waals surface area contributed by atoms with Crippen LogP contribution in [-0.2, 0) is 14.8 Å². The molecule has 1 atom stereocenters. The first-order valence-electron chi connectivity index (χ1n) is 4.75. The zero-order valence-electron chi connectivity index (χ0n) is 8.69. The van der Waals surface area contributed by atoms with E-state index in [1.807, 2.05) is 7.05 Å². The fourth-order valence-electron chi connectivity index (χ4n) is 1.61. The van der Waals surface area contributed by atoms with Crippen LogP contribution in [0.4, 0.5) is 0 Å². The number of rotatable bonds is 4. The molecule has 1 rings (SSSR count). The summed E-state index contributed by atoms with van der Waals surface area (Å²) in [5.74, 6) is 0. The molecule has 1 saturated heterocycles. The second kappa shape index (κ2) is 5.06. The first-order chi connectivity index (χ1) is 6.55. The first kappa shape index (κ1) is 11.9. The average Bonchev–Trinajstić information content (AvgIpc) is 2.14. The average molecular weight is 222 g/mol. The lowest BCUT2D eigenvalue weighted by Gasteiger charge is -2.33. The minimum atomic E-state index is -3.08. The van der Waals surface area contributed by atoms with Gasteiger partial charge >= 0.3 is 0 Å². The largest absolute Gasteiger partial charge is 0.378 e. The van der Waals surface area contributed by atoms with Crippen molar-refractivity contribution in [2.45, 2.75) is 12.5 Å². The van der Waals surface area contributed by atoms with Crippen molar-refractivity contribution in [1.82, 2.24) is 9.62 Å². The lowest BCUT2D eigenvalue weighted by molar-refractivity contribution is 0.0303. The Morgan fingerprint density at radius 3 is 2.86 bits per heavy atom. The summed E-state index contributed by atoms with van der Waals surface area (Å²) in [6.07, 6.45) is 2.05. The molecule has 1 fully saturated rings. The van der Waals surface area contributed by atoms with E-state index in [0.717, 1.165) is 13.0 Å². The topological polar surface area (TPSA) is 58.6 Å². The number of hydrogen-bond donors (Lipinski definition) is 1. The van der Waals surface area contributed by atoms with Crippen LogP contribution in [0.15, 0.2) is 0 Å². The molecule has 0 aromatic heterocycles. The van der Waals surface area contributed by atoms with Crippen LogP contribution in [0.2, 0.25) is 0 Å². The maximum atomic E-state index is 11.4. The predicted octanol–water partition coefficient (Wildman–Crippen LogP) is -0.744. The van der Waals surface area contributed by atoms with Gasteiger partial charge in [-0.05, 0) is 20.0 Å². The predicted molar refractivity (Wildman–Crippen MR) is 54.7 cm³/mol. The summed E-state index contributed by atoms with van der Waals surface area (Å²) in [5.41, 5.74) is 0. The van der Waals surface area contributed by atoms with Crippen molar-refractivity contribution in [2.75, 3.05) is 39.6 Å². The SMILES string of the molecule is CNCCC1COCCN1S(C)(=O)=O. The molecule has 0 aromatic carbocycles. The third kappa shape index (κ3) is 3.20. The number of sulfonamides is 1. The number of ether oxygens (including phenoxy) is 1. The molecule has 1 aliphatic rings. The zero-order valence-corrected chi connectivity index (χ0v) is 9.51. The van der Waals surface area contributed by atoms with E-state index < -0.39 is 10.0 Å². The van der Waals surface area contributed by atoms with Crippen molar-refractivity contribution in [3.05, 3.63) is 0 Å². The van der Waals surface area contributed by atoms with Gasteiger partial charge in [0.15, 0.2) is 0 Å². The normalized spacial score (nSPS) is 25.1. The van der Waals surface area contributed by atoms with Crippen LogP contribution in [0.5, 0.6) is 0 Å². The van der Waals surface area contributed by atoms with Gasteiger partial charge in [-0.1, -0.05) is 0 Å². The first-order valence-corrected chi connectivity index (χ1v) is 6.59. The molecule has 6 heteroatoms. The molecule has 5 nitrogen and oxygen atoms in total. The highest BCUT2D eigenvalue weighted by atomic mass is 32.2. The van der Waals surface area contributed by atoms with Gasteiger partial charge in [0, 0.05) is 12.6 Å². The van der Waals surface area contributed by atoms with Crippen LogP contribution in [0.1, 0.15) is 6.42 Å². The smallest absolute Gasteiger partial charge is 0.211 e. The maximum Gasteiger partial charge on any atom is 0.211 e. The van der Waals surface area contributed by atoms with Crippen molar-refractivity contribution in [1.29, 1.82) is 0 Å². The molecule has 84 valence electrons. The minimum Gasteiger partial charge on any atom is -0.378 e. The zero-order chi connectivity index (χ0) is 10.6. The second-order valence-corrected chi connectivity index (χ2v) is 5.43. The monoisotopic (exact) mass is 222 g/mol. The highest BCUT2D eigenvalue weighted by Crippen LogP contribution is 2.13. The van der Waals surface area contributed by atoms with Crippen molar-refractivity contribution in [3.63, 3.8) is 0 Å². The fourth-order valence-corrected chi connectivity index (χ4v) is 2.73. The number of morpholine rings is 1. The summed E-state index contributed by atoms with van der Waals surface area (Å²) in [7, 11) is -1.22. The van der Waals surface area contributed by atoms with Gasteiger partial charge in [0.25, 0.3) is 0 Å². The molecule has 14 heavy (non-hydrogen) atoms. The highest BCUT2D eigenvalue weighted by Gasteiger charge is 2.29. The Labute approximate surface area is 85.5 Å². The number of nitrogens with zero attached hydrogens (tertiary/aromatic N) is 1. The molecule has 0 spiro atoms. The van der Waals surface area contributed by atoms with Crippen LogP contribution in [0, 0.1) is 0 Å². The Hall–Kier alpha value is -0.170. The van der Waals surface area contributed by atoms with Crippen LogP contribution in [0.3, 0.4) is 0 Å². The van der Waals surface area contributed by atoms with E-state index in [2.05, 4.69) is 5.32 Å². The Balaban J connectivity index is 2.60. The van der Waals surface area contributed by atoms with Gasteiger partial charge in [-0.25, -0.2) is 8.42 Å². The van der Waals surface area contributed by atoms with E-state index in [1.54, 1.807) is 0 Å². The standard InChI is InChI=1S/C8H18N2O3S/c1-9-4-3-8-7-13-6-5-10(8)14(2,11)12/h8-9H,3-7H2,1-2H3. The number of hydrogen-bond acceptors (Lipinski definition) is 4. The van der Waals surface area contributed by atoms with Crippen LogP contribution in [-0.4, -0.2) is 58.4 Å². The van der Waals surface area contributed by atoms with Crippen LogP contribution >= 0.6 is 0 Å². The Kier molecular flexibility index (Phi) is 4.31. The van der Waals surface area contributed by atoms with E-state index in [-0.39, 0.29) is 6.04 Å². The Morgan fingerprint density at radius 2 is 2.29 bits per heavy atom. The van der Waals surface area contributed by atoms with Crippen LogP contribution in [0.25, 0.3) is 0 Å². The highest BCUT2D eigenvalue weighted by molar-refractivity contribution is 7.88. The molecule has 0 amide bonds. The van der Waals surface area contributed by atoms with Gasteiger partial charge < -0.3 is 10.1 Å². The van der Waals surface area contributed by atoms with Crippen molar-refractivity contribution in [3.8, 4) is 0 Å². The molecular formula is C8H18N2O3S. The summed E-state index contributed by atoms with van der Waals surface area (Å²) in [5, 5.41) is 3.01. The molecule has 0 bridgehead atoms. The summed E-state index contributed by atoms with van der Waals surface area (Å²) in [6.45, 7) is 2.30. The summed E-state index contributed by atoms with van der Waals surface area (Å²) >= 11 is 0. The Morgan fingerprint density at radius 1 is 1.57 bits per heavy atom. The molecule has 0 aromatic rings. The summed E-state index contributed by atoms with van der Waals surface area (Å²) < 4.78 is 29.6. The van der Waals surface area contributed by atoms with E-state index in [9.17, 15) is 8.42 Å². The molecular weight excluding hydrogens is 204 g/mol. The van der Waals surface area contributed by atoms with Crippen molar-refractivity contribution in [2.24, 2.45) is 0 Å². The quantitative estimate of drug-likeness (QED) is 0.680. The third-order valence-corrected chi connectivity index (χ3v) is 3.66. The Bertz CT molecular complexity index is 266. The van der Waals surface area contributed by atoms with Gasteiger partial charge in [0.2, 0.25) is 10.0 Å². The van der Waals surface area contributed by atoms with E-state index in [0.29, 0.717) is 19.8 Å². The van der Waals surface area contributed by atoms with Crippen molar-refractivity contribution < 1.29 is 13.2 Å². The van der Waals surface area contributed by atoms with Gasteiger partial charge in [0.05, 0.1) is 19.5 Å². The molecule has 1 aliphatic heterocycles. The van der Waals surface area contributed by atoms with Crippen LogP contribution < -0.4 is 5.32 Å². The minimum absolute atomic E-state index is 0.00815. The maximum absolute atomic E-state index is 11.4. The van der Waals surface area contributed by atoms with Gasteiger partial charge in [0.1, 0.15) is 0 Å². The van der Waals surface area contributed by atoms with E-state index >= 15 is 0 Å². The lowest BCUT2D eigenvalue weighted by Crippen LogP contribution is -2.49. The van der Waals surface area contributed by atoms with E-state index in [1.165, 1.54) is 10.6 Å².